The van der Waals surface area contributed by atoms with Gasteiger partial charge in [-0.15, -0.1) is 0 Å². The lowest BCUT2D eigenvalue weighted by molar-refractivity contribution is 0.256. The average molecular weight is 1150 g/mol. The summed E-state index contributed by atoms with van der Waals surface area (Å²) in [7, 11) is -30.9. The van der Waals surface area contributed by atoms with Gasteiger partial charge in [0.1, 0.15) is 0 Å². The van der Waals surface area contributed by atoms with Gasteiger partial charge in [0.05, 0.1) is 0 Å². The fourth-order valence-corrected chi connectivity index (χ4v) is 65.4. The minimum absolute atomic E-state index is 0.847. The maximum Gasteiger partial charge on any atom is 0.468 e. The zero-order chi connectivity index (χ0) is 48.5. The maximum absolute atomic E-state index is 7.49. The van der Waals surface area contributed by atoms with E-state index in [2.05, 4.69) is 164 Å². The SMILES string of the molecule is C[SiH](C)O[Si](CCC[Si](C)(C)O[Si](C)(O[Si](C)(C)CCC[Si](O[SiH](C)C)(O[SiH](C)C)O[SiH](C)C)O[Si](C)(C)CCC[Si](O[SiH](C)C)(O[SiH](C)C)O[SiH](C)C)(O[SiH](C)C)O[SiH](C)C. The largest absolute Gasteiger partial charge is 0.468 e. The molecule has 0 heterocycles. The summed E-state index contributed by atoms with van der Waals surface area (Å²) < 4.78 is 83.4. The van der Waals surface area contributed by atoms with Crippen molar-refractivity contribution in [2.75, 3.05) is 0 Å². The van der Waals surface area contributed by atoms with E-state index in [1.54, 1.807) is 0 Å². The van der Waals surface area contributed by atoms with Gasteiger partial charge in [0.25, 0.3) is 0 Å². The van der Waals surface area contributed by atoms with Crippen molar-refractivity contribution in [2.24, 2.45) is 0 Å². The first kappa shape index (κ1) is 65.0. The van der Waals surface area contributed by atoms with Gasteiger partial charge in [0.2, 0.25) is 0 Å². The van der Waals surface area contributed by atoms with E-state index in [-0.39, 0.29) is 0 Å². The van der Waals surface area contributed by atoms with Gasteiger partial charge in [-0.25, -0.2) is 0 Å². The molecule has 0 atom stereocenters. The Kier molecular flexibility index (Phi) is 30.8. The van der Waals surface area contributed by atoms with Crippen LogP contribution in [-0.4, -0.2) is 142 Å². The van der Waals surface area contributed by atoms with Crippen LogP contribution >= 0.6 is 0 Å². The third-order valence-corrected chi connectivity index (χ3v) is 57.5. The highest BCUT2D eigenvalue weighted by molar-refractivity contribution is 6.90. The van der Waals surface area contributed by atoms with E-state index in [1.807, 2.05) is 0 Å². The number of rotatable bonds is 36. The summed E-state index contributed by atoms with van der Waals surface area (Å²) in [5.41, 5.74) is 0. The van der Waals surface area contributed by atoms with Crippen molar-refractivity contribution in [3.05, 3.63) is 0 Å². The second kappa shape index (κ2) is 29.4. The maximum atomic E-state index is 7.49. The summed E-state index contributed by atoms with van der Waals surface area (Å²) in [6, 6.07) is 5.43. The third-order valence-electron chi connectivity index (χ3n) is 8.91. The van der Waals surface area contributed by atoms with Crippen molar-refractivity contribution in [3.8, 4) is 0 Å². The lowest BCUT2D eigenvalue weighted by Gasteiger charge is -2.44. The molecule has 0 aliphatic rings. The van der Waals surface area contributed by atoms with Crippen molar-refractivity contribution in [1.82, 2.24) is 0 Å². The molecular weight excluding hydrogens is 1050 g/mol. The van der Waals surface area contributed by atoms with Gasteiger partial charge >= 0.3 is 35.2 Å². The Balaban J connectivity index is 6.75. The zero-order valence-electron chi connectivity index (χ0n) is 45.0. The minimum Gasteiger partial charge on any atom is -0.420 e. The van der Waals surface area contributed by atoms with E-state index in [4.69, 9.17) is 49.4 Å². The standard InChI is InChI=1S/C34H102O12Si16/c1-47(2)35-60(36-48(3)4,37-49(5)6)32-26-29-56(19,20)44-59(25,45-57(21,22)30-27-33-61(38-50(7)8,39-51(9)10)40-52(11)12)46-58(23,24)31-28-34-62(41-53(13)14,42-54(15)16)43-55(17)18/h47-55H,26-34H2,1-25H3. The molecule has 0 saturated carbocycles. The van der Waals surface area contributed by atoms with E-state index in [9.17, 15) is 0 Å². The Morgan fingerprint density at radius 2 is 0.387 bits per heavy atom. The third kappa shape index (κ3) is 29.9. The summed E-state index contributed by atoms with van der Waals surface area (Å²) in [6.07, 6.45) is 2.86. The summed E-state index contributed by atoms with van der Waals surface area (Å²) in [6.45, 7) is 56.6. The van der Waals surface area contributed by atoms with E-state index in [0.717, 1.165) is 55.5 Å². The van der Waals surface area contributed by atoms with Crippen molar-refractivity contribution >= 4 is 142 Å². The smallest absolute Gasteiger partial charge is 0.420 e. The van der Waals surface area contributed by atoms with Gasteiger partial charge in [0.15, 0.2) is 106 Å². The van der Waals surface area contributed by atoms with Crippen LogP contribution in [0.3, 0.4) is 0 Å². The quantitative estimate of drug-likeness (QED) is 0.0559. The van der Waals surface area contributed by atoms with Gasteiger partial charge in [-0.1, -0.05) is 0 Å². The van der Waals surface area contributed by atoms with Crippen LogP contribution in [0.5, 0.6) is 0 Å². The van der Waals surface area contributed by atoms with E-state index in [0.29, 0.717) is 0 Å². The monoisotopic (exact) mass is 1150 g/mol. The summed E-state index contributed by atoms with van der Waals surface area (Å²) in [5, 5.41) is 0. The molecule has 0 aliphatic heterocycles. The molecule has 0 aromatic carbocycles. The van der Waals surface area contributed by atoms with Gasteiger partial charge < -0.3 is 49.4 Å². The second-order valence-corrected chi connectivity index (χ2v) is 70.8. The first-order valence-corrected chi connectivity index (χ1v) is 66.6. The summed E-state index contributed by atoms with van der Waals surface area (Å²) in [4.78, 5) is 0. The molecule has 374 valence electrons. The van der Waals surface area contributed by atoms with E-state index < -0.39 is 142 Å². The van der Waals surface area contributed by atoms with E-state index in [1.165, 1.54) is 0 Å². The highest BCUT2D eigenvalue weighted by Crippen LogP contribution is 2.35. The van der Waals surface area contributed by atoms with Crippen LogP contribution in [0.4, 0.5) is 0 Å². The van der Waals surface area contributed by atoms with Crippen molar-refractivity contribution in [3.63, 3.8) is 0 Å². The Morgan fingerprint density at radius 3 is 0.516 bits per heavy atom. The van der Waals surface area contributed by atoms with E-state index >= 15 is 0 Å². The number of hydrogen-bond donors (Lipinski definition) is 0. The highest BCUT2D eigenvalue weighted by atomic mass is 28.5. The molecule has 0 amide bonds. The Labute approximate surface area is 407 Å². The molecule has 0 bridgehead atoms. The first-order chi connectivity index (χ1) is 28.0. The van der Waals surface area contributed by atoms with Crippen molar-refractivity contribution < 1.29 is 49.4 Å². The molecule has 0 aromatic heterocycles. The van der Waals surface area contributed by atoms with Crippen LogP contribution in [-0.2, 0) is 49.4 Å². The van der Waals surface area contributed by atoms with Crippen LogP contribution in [0.2, 0.25) is 200 Å². The predicted octanol–water partition coefficient (Wildman–Crippen LogP) is 9.21. The molecule has 62 heavy (non-hydrogen) atoms. The van der Waals surface area contributed by atoms with Gasteiger partial charge in [-0.3, -0.25) is 0 Å². The van der Waals surface area contributed by atoms with Gasteiger partial charge in [-0.2, -0.15) is 0 Å². The Hall–Kier alpha value is 2.99. The van der Waals surface area contributed by atoms with Crippen LogP contribution in [0.1, 0.15) is 19.3 Å². The fraction of sp³-hybridized carbons (Fsp3) is 1.00. The van der Waals surface area contributed by atoms with Crippen molar-refractivity contribution in [2.45, 2.75) is 219 Å². The van der Waals surface area contributed by atoms with Crippen LogP contribution in [0.25, 0.3) is 0 Å². The topological polar surface area (TPSA) is 111 Å². The summed E-state index contributed by atoms with van der Waals surface area (Å²) in [5.74, 6) is 0. The molecule has 0 unspecified atom stereocenters. The molecule has 12 nitrogen and oxygen atoms in total. The molecule has 0 aliphatic carbocycles. The summed E-state index contributed by atoms with van der Waals surface area (Å²) >= 11 is 0. The molecule has 0 rings (SSSR count). The molecular formula is C34H102O12Si16. The van der Waals surface area contributed by atoms with Crippen LogP contribution in [0.15, 0.2) is 0 Å². The molecule has 0 radical (unpaired) electrons. The molecule has 0 fully saturated rings. The Morgan fingerprint density at radius 1 is 0.242 bits per heavy atom. The molecule has 0 saturated heterocycles. The van der Waals surface area contributed by atoms with Crippen LogP contribution in [0, 0.1) is 0 Å². The fourth-order valence-electron chi connectivity index (χ4n) is 7.93. The average Bonchev–Trinajstić information content (AvgIpc) is 2.95. The molecule has 28 heteroatoms. The lowest BCUT2D eigenvalue weighted by atomic mass is 10.6. The van der Waals surface area contributed by atoms with Gasteiger partial charge in [0, 0.05) is 24.7 Å². The lowest BCUT2D eigenvalue weighted by Crippen LogP contribution is -2.60. The Bertz CT molecular complexity index is 999. The van der Waals surface area contributed by atoms with Crippen LogP contribution < -0.4 is 0 Å². The highest BCUT2D eigenvalue weighted by Gasteiger charge is 2.51. The normalized spacial score (nSPS) is 14.6. The second-order valence-electron chi connectivity index (χ2n) is 21.6. The van der Waals surface area contributed by atoms with Crippen molar-refractivity contribution in [1.29, 1.82) is 0 Å². The molecule has 0 spiro atoms. The minimum atomic E-state index is -3.18. The first-order valence-electron chi connectivity index (χ1n) is 24.2. The number of hydrogen-bond acceptors (Lipinski definition) is 12. The van der Waals surface area contributed by atoms with Gasteiger partial charge in [-0.05, 0) is 195 Å². The molecule has 0 N–H and O–H groups in total. The molecule has 0 aromatic rings. The zero-order valence-corrected chi connectivity index (χ0v) is 62.4. The predicted molar refractivity (Wildman–Crippen MR) is 307 cm³/mol.